The summed E-state index contributed by atoms with van der Waals surface area (Å²) in [7, 11) is 0. The van der Waals surface area contributed by atoms with Crippen molar-refractivity contribution in [1.82, 2.24) is 0 Å². The predicted molar refractivity (Wildman–Crippen MR) is 49.9 cm³/mol. The molecule has 0 heterocycles. The molecule has 0 aliphatic rings. The maximum Gasteiger partial charge on any atom is 0.357 e. The molecule has 2 unspecified atom stereocenters. The first-order valence-electron chi connectivity index (χ1n) is 4.28. The Morgan fingerprint density at radius 2 is 1.31 bits per heavy atom. The van der Waals surface area contributed by atoms with E-state index in [1.54, 1.807) is 0 Å². The maximum atomic E-state index is 13.3. The molecule has 98 valence electrons. The van der Waals surface area contributed by atoms with Crippen LogP contribution in [0.4, 0.5) is 26.3 Å². The van der Waals surface area contributed by atoms with Crippen molar-refractivity contribution in [3.05, 3.63) is 0 Å². The molecule has 0 saturated heterocycles. The van der Waals surface area contributed by atoms with Crippen LogP contribution in [-0.2, 0) is 0 Å². The molecule has 0 aromatic carbocycles. The van der Waals surface area contributed by atoms with E-state index in [9.17, 15) is 26.3 Å². The smallest absolute Gasteiger partial charge is 0.226 e. The molecule has 0 fully saturated rings. The van der Waals surface area contributed by atoms with Crippen LogP contribution in [0.1, 0.15) is 26.7 Å². The Hall–Kier alpha value is 0.160. The first-order chi connectivity index (χ1) is 6.77. The third-order valence-electron chi connectivity index (χ3n) is 1.90. The molecule has 16 heavy (non-hydrogen) atoms. The highest BCUT2D eigenvalue weighted by Crippen LogP contribution is 2.52. The second-order valence-electron chi connectivity index (χ2n) is 3.58. The molecule has 0 spiro atoms. The van der Waals surface area contributed by atoms with Crippen molar-refractivity contribution in [2.24, 2.45) is 0 Å². The number of hydrogen-bond acceptors (Lipinski definition) is 0. The molecule has 0 amide bonds. The zero-order chi connectivity index (χ0) is 13.4. The molecule has 0 bridgehead atoms. The second kappa shape index (κ2) is 4.44. The van der Waals surface area contributed by atoms with E-state index >= 15 is 0 Å². The minimum Gasteiger partial charge on any atom is -0.226 e. The van der Waals surface area contributed by atoms with Crippen molar-refractivity contribution < 1.29 is 26.3 Å². The summed E-state index contributed by atoms with van der Waals surface area (Å²) in [6.45, 7) is 1.28. The summed E-state index contributed by atoms with van der Waals surface area (Å²) in [5, 5.41) is -7.19. The van der Waals surface area contributed by atoms with Crippen LogP contribution in [0.2, 0.25) is 0 Å². The third kappa shape index (κ3) is 3.32. The van der Waals surface area contributed by atoms with Crippen LogP contribution in [-0.4, -0.2) is 22.1 Å². The van der Waals surface area contributed by atoms with Gasteiger partial charge in [0.25, 0.3) is 5.13 Å². The SMILES string of the molecule is CCC(F)(F)C(F)(F)C(F)(Cl)CC(C)(F)Cl. The molecule has 0 nitrogen and oxygen atoms in total. The van der Waals surface area contributed by atoms with E-state index in [0.29, 0.717) is 6.92 Å². The molecule has 0 rings (SSSR count). The second-order valence-corrected chi connectivity index (χ2v) is 4.97. The Kier molecular flexibility index (Phi) is 4.49. The molecule has 0 aliphatic heterocycles. The van der Waals surface area contributed by atoms with Gasteiger partial charge in [-0.3, -0.25) is 0 Å². The molecular weight excluding hydrogens is 281 g/mol. The molecule has 0 aromatic heterocycles. The van der Waals surface area contributed by atoms with E-state index in [0.717, 1.165) is 6.92 Å². The van der Waals surface area contributed by atoms with Gasteiger partial charge in [0, 0.05) is 6.42 Å². The van der Waals surface area contributed by atoms with Gasteiger partial charge in [-0.2, -0.15) is 17.6 Å². The summed E-state index contributed by atoms with van der Waals surface area (Å²) in [6, 6.07) is 0. The first kappa shape index (κ1) is 16.2. The number of halogens is 8. The van der Waals surface area contributed by atoms with Gasteiger partial charge in [-0.1, -0.05) is 30.1 Å². The number of hydrogen-bond donors (Lipinski definition) is 0. The molecular formula is C8H10Cl2F6. The monoisotopic (exact) mass is 290 g/mol. The fourth-order valence-corrected chi connectivity index (χ4v) is 1.63. The van der Waals surface area contributed by atoms with Crippen molar-refractivity contribution in [1.29, 1.82) is 0 Å². The van der Waals surface area contributed by atoms with E-state index in [2.05, 4.69) is 11.6 Å². The molecule has 0 aromatic rings. The summed E-state index contributed by atoms with van der Waals surface area (Å²) in [5.74, 6) is -9.88. The van der Waals surface area contributed by atoms with Crippen molar-refractivity contribution in [2.75, 3.05) is 0 Å². The maximum absolute atomic E-state index is 13.3. The predicted octanol–water partition coefficient (Wildman–Crippen LogP) is 4.89. The van der Waals surface area contributed by atoms with Gasteiger partial charge in [0.05, 0.1) is 6.42 Å². The zero-order valence-electron chi connectivity index (χ0n) is 8.44. The van der Waals surface area contributed by atoms with Gasteiger partial charge < -0.3 is 0 Å². The number of alkyl halides is 8. The van der Waals surface area contributed by atoms with Crippen LogP contribution in [0, 0.1) is 0 Å². The summed E-state index contributed by atoms with van der Waals surface area (Å²) in [6.07, 6.45) is -3.09. The fraction of sp³-hybridized carbons (Fsp3) is 1.00. The van der Waals surface area contributed by atoms with Crippen LogP contribution in [0.15, 0.2) is 0 Å². The quantitative estimate of drug-likeness (QED) is 0.500. The average molecular weight is 291 g/mol. The highest BCUT2D eigenvalue weighted by Gasteiger charge is 2.69. The van der Waals surface area contributed by atoms with E-state index < -0.39 is 34.9 Å². The third-order valence-corrected chi connectivity index (χ3v) is 2.40. The highest BCUT2D eigenvalue weighted by atomic mass is 35.5. The molecule has 8 heteroatoms. The summed E-state index contributed by atoms with van der Waals surface area (Å²) in [4.78, 5) is 0. The van der Waals surface area contributed by atoms with Crippen LogP contribution in [0.3, 0.4) is 0 Å². The Bertz CT molecular complexity index is 245. The Morgan fingerprint density at radius 3 is 1.56 bits per heavy atom. The molecule has 0 aliphatic carbocycles. The molecule has 0 radical (unpaired) electrons. The van der Waals surface area contributed by atoms with E-state index in [1.165, 1.54) is 0 Å². The van der Waals surface area contributed by atoms with E-state index in [4.69, 9.17) is 11.6 Å². The van der Waals surface area contributed by atoms with Gasteiger partial charge in [-0.15, -0.1) is 0 Å². The van der Waals surface area contributed by atoms with E-state index in [1.807, 2.05) is 0 Å². The Morgan fingerprint density at radius 1 is 0.938 bits per heavy atom. The minimum atomic E-state index is -5.21. The van der Waals surface area contributed by atoms with E-state index in [-0.39, 0.29) is 0 Å². The Balaban J connectivity index is 5.14. The lowest BCUT2D eigenvalue weighted by Crippen LogP contribution is -2.54. The van der Waals surface area contributed by atoms with Gasteiger partial charge in [0.15, 0.2) is 5.13 Å². The van der Waals surface area contributed by atoms with Gasteiger partial charge in [0.1, 0.15) is 0 Å². The Labute approximate surface area is 98.9 Å². The van der Waals surface area contributed by atoms with Crippen molar-refractivity contribution in [3.63, 3.8) is 0 Å². The van der Waals surface area contributed by atoms with Crippen LogP contribution in [0.5, 0.6) is 0 Å². The average Bonchev–Trinajstić information content (AvgIpc) is 1.99. The summed E-state index contributed by atoms with van der Waals surface area (Å²) >= 11 is 9.50. The highest BCUT2D eigenvalue weighted by molar-refractivity contribution is 6.26. The summed E-state index contributed by atoms with van der Waals surface area (Å²) in [5.41, 5.74) is 0. The molecule has 0 saturated carbocycles. The lowest BCUT2D eigenvalue weighted by molar-refractivity contribution is -0.254. The number of rotatable bonds is 5. The summed E-state index contributed by atoms with van der Waals surface area (Å²) < 4.78 is 77.6. The minimum absolute atomic E-state index is 0.547. The normalized spacial score (nSPS) is 21.4. The van der Waals surface area contributed by atoms with Crippen molar-refractivity contribution in [2.45, 2.75) is 48.8 Å². The topological polar surface area (TPSA) is 0 Å². The van der Waals surface area contributed by atoms with Crippen molar-refractivity contribution in [3.8, 4) is 0 Å². The standard InChI is InChI=1S/C8H10Cl2F6/c1-3-7(13,14)8(15,16)6(10,12)4-5(2,9)11/h3-4H2,1-2H3. The van der Waals surface area contributed by atoms with Crippen LogP contribution in [0.25, 0.3) is 0 Å². The zero-order valence-corrected chi connectivity index (χ0v) is 9.95. The van der Waals surface area contributed by atoms with Gasteiger partial charge in [0.2, 0.25) is 0 Å². The largest absolute Gasteiger partial charge is 0.357 e. The fourth-order valence-electron chi connectivity index (χ4n) is 0.990. The first-order valence-corrected chi connectivity index (χ1v) is 5.04. The lowest BCUT2D eigenvalue weighted by atomic mass is 9.99. The van der Waals surface area contributed by atoms with Crippen LogP contribution < -0.4 is 0 Å². The van der Waals surface area contributed by atoms with Crippen molar-refractivity contribution >= 4 is 23.2 Å². The van der Waals surface area contributed by atoms with Gasteiger partial charge in [-0.05, 0) is 6.92 Å². The lowest BCUT2D eigenvalue weighted by Gasteiger charge is -2.35. The van der Waals surface area contributed by atoms with Crippen LogP contribution >= 0.6 is 23.2 Å². The molecule has 0 N–H and O–H groups in total. The van der Waals surface area contributed by atoms with Gasteiger partial charge >= 0.3 is 11.8 Å². The molecule has 2 atom stereocenters. The van der Waals surface area contributed by atoms with Gasteiger partial charge in [-0.25, -0.2) is 8.78 Å².